The first kappa shape index (κ1) is 15.8. The summed E-state index contributed by atoms with van der Waals surface area (Å²) in [6, 6.07) is 0. The Morgan fingerprint density at radius 3 is 2.54 bits per heavy atom. The van der Waals surface area contributed by atoms with Crippen LogP contribution in [0.5, 0.6) is 0 Å². The number of rotatable bonds is 1. The molecule has 1 aliphatic heterocycles. The predicted octanol–water partition coefficient (Wildman–Crippen LogP) is 2.16. The number of aliphatic hydroxyl groups is 2. The highest BCUT2D eigenvalue weighted by Gasteiger charge is 2.94. The first-order valence-corrected chi connectivity index (χ1v) is 9.69. The molecular formula is C20H30O4. The van der Waals surface area contributed by atoms with E-state index in [0.717, 1.165) is 19.3 Å². The molecule has 0 bridgehead atoms. The third kappa shape index (κ3) is 1.11. The fourth-order valence-electron chi connectivity index (χ4n) is 8.67. The van der Waals surface area contributed by atoms with Gasteiger partial charge in [0.05, 0.1) is 11.5 Å². The van der Waals surface area contributed by atoms with Gasteiger partial charge in [-0.3, -0.25) is 4.79 Å². The van der Waals surface area contributed by atoms with Gasteiger partial charge in [-0.15, -0.1) is 0 Å². The van der Waals surface area contributed by atoms with Crippen molar-refractivity contribution in [2.45, 2.75) is 77.8 Å². The van der Waals surface area contributed by atoms with Crippen LogP contribution < -0.4 is 0 Å². The zero-order chi connectivity index (χ0) is 17.4. The summed E-state index contributed by atoms with van der Waals surface area (Å²) in [5, 5.41) is 21.7. The van der Waals surface area contributed by atoms with Crippen LogP contribution >= 0.6 is 0 Å². The van der Waals surface area contributed by atoms with E-state index in [9.17, 15) is 15.0 Å². The molecule has 134 valence electrons. The van der Waals surface area contributed by atoms with Crippen molar-refractivity contribution in [3.63, 3.8) is 0 Å². The van der Waals surface area contributed by atoms with Crippen molar-refractivity contribution in [2.24, 2.45) is 39.9 Å². The minimum absolute atomic E-state index is 0.0124. The molecule has 4 aliphatic carbocycles. The highest BCUT2D eigenvalue weighted by molar-refractivity contribution is 5.96. The minimum Gasteiger partial charge on any atom is -0.390 e. The van der Waals surface area contributed by atoms with E-state index in [1.165, 1.54) is 0 Å². The van der Waals surface area contributed by atoms with Gasteiger partial charge in [-0.05, 0) is 55.3 Å². The Labute approximate surface area is 144 Å². The largest absolute Gasteiger partial charge is 0.390 e. The summed E-state index contributed by atoms with van der Waals surface area (Å²) in [5.41, 5.74) is -1.72. The standard InChI is InChI=1S/C20H30O4/c1-9(2)11-6-7-19-8-12-10(3)13(21)16-20(12,24-16)18(19,5)15(23)14(22)17(11,19)4/h9-14,16,21-22H,6-8H2,1-5H3/t10-,11+,12+,13-,14-,16+,17-,18-,19+,20-/m0/s1. The van der Waals surface area contributed by atoms with Crippen molar-refractivity contribution in [3.05, 3.63) is 0 Å². The van der Waals surface area contributed by atoms with Gasteiger partial charge < -0.3 is 14.9 Å². The highest BCUT2D eigenvalue weighted by atomic mass is 16.6. The number of ether oxygens (including phenoxy) is 1. The maximum atomic E-state index is 13.5. The number of epoxide rings is 1. The molecule has 1 saturated heterocycles. The lowest BCUT2D eigenvalue weighted by molar-refractivity contribution is -0.138. The van der Waals surface area contributed by atoms with Gasteiger partial charge in [-0.25, -0.2) is 0 Å². The summed E-state index contributed by atoms with van der Waals surface area (Å²) < 4.78 is 6.14. The number of carbonyl (C=O) groups is 1. The van der Waals surface area contributed by atoms with Crippen molar-refractivity contribution in [1.29, 1.82) is 0 Å². The second-order valence-electron chi connectivity index (χ2n) is 10.1. The number of ketones is 1. The van der Waals surface area contributed by atoms with E-state index in [2.05, 4.69) is 34.6 Å². The van der Waals surface area contributed by atoms with Crippen LogP contribution in [0.15, 0.2) is 0 Å². The molecule has 5 rings (SSSR count). The van der Waals surface area contributed by atoms with Crippen molar-refractivity contribution in [1.82, 2.24) is 0 Å². The number of carbonyl (C=O) groups excluding carboxylic acids is 1. The second-order valence-corrected chi connectivity index (χ2v) is 10.1. The SMILES string of the molecule is CC(C)[C@H]1CC[C@]23C[C@@H]4[C@H](C)[C@H](O)[C@H]5O[C@@]45[C@@]2(C)C(=O)[C@H](O)[C@]13C. The van der Waals surface area contributed by atoms with E-state index in [1.807, 2.05) is 0 Å². The summed E-state index contributed by atoms with van der Waals surface area (Å²) in [6.07, 6.45) is 1.43. The lowest BCUT2D eigenvalue weighted by Crippen LogP contribution is -2.48. The van der Waals surface area contributed by atoms with E-state index in [0.29, 0.717) is 11.8 Å². The topological polar surface area (TPSA) is 70.1 Å². The molecule has 2 N–H and O–H groups in total. The fourth-order valence-corrected chi connectivity index (χ4v) is 8.67. The molecule has 0 aromatic rings. The summed E-state index contributed by atoms with van der Waals surface area (Å²) in [5.74, 6) is 1.22. The van der Waals surface area contributed by atoms with Gasteiger partial charge in [-0.2, -0.15) is 0 Å². The van der Waals surface area contributed by atoms with Crippen LogP contribution in [-0.2, 0) is 9.53 Å². The van der Waals surface area contributed by atoms with Crippen molar-refractivity contribution in [3.8, 4) is 0 Å². The van der Waals surface area contributed by atoms with Crippen LogP contribution in [0.4, 0.5) is 0 Å². The average molecular weight is 334 g/mol. The van der Waals surface area contributed by atoms with Gasteiger partial charge in [0.15, 0.2) is 5.78 Å². The molecule has 5 aliphatic rings. The summed E-state index contributed by atoms with van der Waals surface area (Å²) in [4.78, 5) is 13.5. The van der Waals surface area contributed by atoms with E-state index >= 15 is 0 Å². The predicted molar refractivity (Wildman–Crippen MR) is 88.1 cm³/mol. The van der Waals surface area contributed by atoms with Crippen LogP contribution in [0.3, 0.4) is 0 Å². The maximum absolute atomic E-state index is 13.5. The molecule has 0 amide bonds. The number of aliphatic hydroxyl groups excluding tert-OH is 2. The Hall–Kier alpha value is -0.450. The van der Waals surface area contributed by atoms with Crippen LogP contribution in [-0.4, -0.2) is 39.9 Å². The Kier molecular flexibility index (Phi) is 2.59. The highest BCUT2D eigenvalue weighted by Crippen LogP contribution is 2.86. The molecule has 10 atom stereocenters. The molecule has 0 aromatic heterocycles. The smallest absolute Gasteiger partial charge is 0.171 e. The van der Waals surface area contributed by atoms with Crippen LogP contribution in [0.2, 0.25) is 0 Å². The first-order valence-electron chi connectivity index (χ1n) is 9.69. The molecule has 1 heterocycles. The van der Waals surface area contributed by atoms with Gasteiger partial charge in [0.1, 0.15) is 17.8 Å². The van der Waals surface area contributed by atoms with Crippen molar-refractivity contribution in [2.75, 3.05) is 0 Å². The average Bonchev–Trinajstić information content (AvgIpc) is 3.05. The molecule has 4 heteroatoms. The van der Waals surface area contributed by atoms with E-state index in [-0.39, 0.29) is 34.6 Å². The quantitative estimate of drug-likeness (QED) is 0.721. The molecule has 4 nitrogen and oxygen atoms in total. The van der Waals surface area contributed by atoms with Crippen LogP contribution in [0.1, 0.15) is 53.9 Å². The molecule has 4 saturated carbocycles. The van der Waals surface area contributed by atoms with E-state index in [1.54, 1.807) is 0 Å². The number of hydrogen-bond acceptors (Lipinski definition) is 4. The third-order valence-electron chi connectivity index (χ3n) is 9.83. The van der Waals surface area contributed by atoms with Gasteiger partial charge in [0.25, 0.3) is 0 Å². The second kappa shape index (κ2) is 3.94. The van der Waals surface area contributed by atoms with Crippen molar-refractivity contribution < 1.29 is 19.7 Å². The molecule has 2 spiro atoms. The van der Waals surface area contributed by atoms with Gasteiger partial charge in [0.2, 0.25) is 0 Å². The van der Waals surface area contributed by atoms with E-state index in [4.69, 9.17) is 4.74 Å². The maximum Gasteiger partial charge on any atom is 0.171 e. The Bertz CT molecular complexity index is 646. The molecule has 0 unspecified atom stereocenters. The van der Waals surface area contributed by atoms with Gasteiger partial charge >= 0.3 is 0 Å². The minimum atomic E-state index is -0.898. The third-order valence-corrected chi connectivity index (χ3v) is 9.83. The van der Waals surface area contributed by atoms with Crippen molar-refractivity contribution >= 4 is 5.78 Å². The molecule has 0 aromatic carbocycles. The Balaban J connectivity index is 1.73. The lowest BCUT2D eigenvalue weighted by atomic mass is 9.55. The number of Topliss-reactive ketones (excluding diaryl/α,β-unsaturated/α-hetero) is 1. The normalized spacial score (nSPS) is 66.6. The Morgan fingerprint density at radius 1 is 1.25 bits per heavy atom. The molecule has 5 fully saturated rings. The summed E-state index contributed by atoms with van der Waals surface area (Å²) >= 11 is 0. The zero-order valence-corrected chi connectivity index (χ0v) is 15.4. The zero-order valence-electron chi connectivity index (χ0n) is 15.4. The summed E-state index contributed by atoms with van der Waals surface area (Å²) in [6.45, 7) is 10.8. The van der Waals surface area contributed by atoms with Gasteiger partial charge in [-0.1, -0.05) is 27.7 Å². The lowest BCUT2D eigenvalue weighted by Gasteiger charge is -2.46. The molecular weight excluding hydrogens is 304 g/mol. The van der Waals surface area contributed by atoms with Gasteiger partial charge in [0, 0.05) is 5.41 Å². The number of hydrogen-bond donors (Lipinski definition) is 2. The van der Waals surface area contributed by atoms with Crippen LogP contribution in [0.25, 0.3) is 0 Å². The van der Waals surface area contributed by atoms with E-state index < -0.39 is 23.2 Å². The first-order chi connectivity index (χ1) is 11.1. The Morgan fingerprint density at radius 2 is 1.92 bits per heavy atom. The molecule has 0 radical (unpaired) electrons. The fraction of sp³-hybridized carbons (Fsp3) is 0.950. The summed E-state index contributed by atoms with van der Waals surface area (Å²) in [7, 11) is 0. The van der Waals surface area contributed by atoms with Crippen LogP contribution in [0, 0.1) is 39.9 Å². The molecule has 24 heavy (non-hydrogen) atoms. The monoisotopic (exact) mass is 334 g/mol.